The lowest BCUT2D eigenvalue weighted by Crippen LogP contribution is -2.14. The van der Waals surface area contributed by atoms with Gasteiger partial charge in [0.05, 0.1) is 0 Å². The lowest BCUT2D eigenvalue weighted by Gasteiger charge is -2.16. The van der Waals surface area contributed by atoms with Crippen LogP contribution in [0.5, 0.6) is 0 Å². The first-order chi connectivity index (χ1) is 4.57. The molecule has 62 valence electrons. The fraction of sp³-hybridized carbons (Fsp3) is 1.00. The second-order valence-corrected chi connectivity index (χ2v) is 6.27. The van der Waals surface area contributed by atoms with Gasteiger partial charge in [0.1, 0.15) is 0 Å². The van der Waals surface area contributed by atoms with E-state index in [9.17, 15) is 0 Å². The Kier molecular flexibility index (Phi) is 6.91. The minimum atomic E-state index is 0.853. The van der Waals surface area contributed by atoms with Gasteiger partial charge < -0.3 is 0 Å². The van der Waals surface area contributed by atoms with Gasteiger partial charge in [0.15, 0.2) is 0 Å². The van der Waals surface area contributed by atoms with Crippen molar-refractivity contribution in [2.45, 2.75) is 41.5 Å². The SMILES string of the molecule is CCC(I)C(I)CC(C)C. The van der Waals surface area contributed by atoms with Crippen molar-refractivity contribution in [2.75, 3.05) is 0 Å². The third-order valence-corrected chi connectivity index (χ3v) is 5.98. The van der Waals surface area contributed by atoms with Crippen LogP contribution in [-0.2, 0) is 0 Å². The fourth-order valence-electron chi connectivity index (χ4n) is 0.854. The smallest absolute Gasteiger partial charge is 0.0230 e. The van der Waals surface area contributed by atoms with E-state index in [1.807, 2.05) is 0 Å². The van der Waals surface area contributed by atoms with Gasteiger partial charge in [-0.1, -0.05) is 66.0 Å². The van der Waals surface area contributed by atoms with E-state index in [1.165, 1.54) is 12.8 Å². The summed E-state index contributed by atoms with van der Waals surface area (Å²) in [6, 6.07) is 0. The summed E-state index contributed by atoms with van der Waals surface area (Å²) in [4.78, 5) is 0. The van der Waals surface area contributed by atoms with Gasteiger partial charge in [-0.2, -0.15) is 0 Å². The minimum absolute atomic E-state index is 0.853. The van der Waals surface area contributed by atoms with Crippen molar-refractivity contribution >= 4 is 45.2 Å². The zero-order chi connectivity index (χ0) is 8.15. The summed E-state index contributed by atoms with van der Waals surface area (Å²) in [5, 5.41) is 0. The molecule has 0 N–H and O–H groups in total. The van der Waals surface area contributed by atoms with Crippen LogP contribution in [0.25, 0.3) is 0 Å². The Morgan fingerprint density at radius 2 is 1.60 bits per heavy atom. The van der Waals surface area contributed by atoms with E-state index in [2.05, 4.69) is 66.0 Å². The van der Waals surface area contributed by atoms with E-state index >= 15 is 0 Å². The monoisotopic (exact) mass is 366 g/mol. The van der Waals surface area contributed by atoms with Gasteiger partial charge in [-0.15, -0.1) is 0 Å². The maximum absolute atomic E-state index is 2.58. The third-order valence-electron chi connectivity index (χ3n) is 1.48. The summed E-state index contributed by atoms with van der Waals surface area (Å²) in [6.07, 6.45) is 2.67. The minimum Gasteiger partial charge on any atom is -0.0815 e. The molecule has 0 aromatic carbocycles. The van der Waals surface area contributed by atoms with E-state index in [1.54, 1.807) is 0 Å². The van der Waals surface area contributed by atoms with E-state index < -0.39 is 0 Å². The lowest BCUT2D eigenvalue weighted by atomic mass is 10.1. The summed E-state index contributed by atoms with van der Waals surface area (Å²) in [5.41, 5.74) is 0. The third kappa shape index (κ3) is 5.16. The molecule has 0 aliphatic carbocycles. The second kappa shape index (κ2) is 6.03. The first kappa shape index (κ1) is 11.5. The quantitative estimate of drug-likeness (QED) is 0.520. The number of alkyl halides is 2. The maximum atomic E-state index is 2.58. The van der Waals surface area contributed by atoms with Gasteiger partial charge in [-0.05, 0) is 18.8 Å². The lowest BCUT2D eigenvalue weighted by molar-refractivity contribution is 0.569. The molecule has 2 heteroatoms. The largest absolute Gasteiger partial charge is 0.0815 e. The molecule has 0 heterocycles. The molecule has 0 aliphatic heterocycles. The summed E-state index contributed by atoms with van der Waals surface area (Å²) >= 11 is 5.13. The Balaban J connectivity index is 3.50. The maximum Gasteiger partial charge on any atom is 0.0230 e. The van der Waals surface area contributed by atoms with Gasteiger partial charge in [0, 0.05) is 7.85 Å². The van der Waals surface area contributed by atoms with Crippen LogP contribution in [0.1, 0.15) is 33.6 Å². The van der Waals surface area contributed by atoms with Crippen molar-refractivity contribution < 1.29 is 0 Å². The van der Waals surface area contributed by atoms with Crippen LogP contribution in [0.3, 0.4) is 0 Å². The molecular weight excluding hydrogens is 350 g/mol. The van der Waals surface area contributed by atoms with E-state index in [-0.39, 0.29) is 0 Å². The topological polar surface area (TPSA) is 0 Å². The summed E-state index contributed by atoms with van der Waals surface area (Å²) in [7, 11) is 0. The highest BCUT2D eigenvalue weighted by molar-refractivity contribution is 14.1. The van der Waals surface area contributed by atoms with Gasteiger partial charge in [-0.3, -0.25) is 0 Å². The number of hydrogen-bond acceptors (Lipinski definition) is 0. The Morgan fingerprint density at radius 3 is 1.90 bits per heavy atom. The summed E-state index contributed by atoms with van der Waals surface area (Å²) in [5.74, 6) is 0.853. The molecule has 0 rings (SSSR count). The number of halogens is 2. The fourth-order valence-corrected chi connectivity index (χ4v) is 2.67. The molecular formula is C8H16I2. The van der Waals surface area contributed by atoms with Gasteiger partial charge in [0.25, 0.3) is 0 Å². The molecule has 2 atom stereocenters. The predicted octanol–water partition coefficient (Wildman–Crippen LogP) is 4.05. The molecule has 0 nitrogen and oxygen atoms in total. The Morgan fingerprint density at radius 1 is 1.10 bits per heavy atom. The molecule has 0 radical (unpaired) electrons. The molecule has 0 amide bonds. The van der Waals surface area contributed by atoms with Crippen molar-refractivity contribution in [1.29, 1.82) is 0 Å². The van der Waals surface area contributed by atoms with Gasteiger partial charge in [0.2, 0.25) is 0 Å². The average molecular weight is 366 g/mol. The summed E-state index contributed by atoms with van der Waals surface area (Å²) in [6.45, 7) is 6.86. The van der Waals surface area contributed by atoms with Gasteiger partial charge in [-0.25, -0.2) is 0 Å². The molecule has 0 aliphatic rings. The van der Waals surface area contributed by atoms with Crippen molar-refractivity contribution in [2.24, 2.45) is 5.92 Å². The van der Waals surface area contributed by atoms with Crippen LogP contribution in [0, 0.1) is 5.92 Å². The highest BCUT2D eigenvalue weighted by Crippen LogP contribution is 2.24. The van der Waals surface area contributed by atoms with Crippen LogP contribution in [-0.4, -0.2) is 7.85 Å². The van der Waals surface area contributed by atoms with Crippen molar-refractivity contribution in [3.8, 4) is 0 Å². The first-order valence-electron chi connectivity index (χ1n) is 3.86. The highest BCUT2D eigenvalue weighted by atomic mass is 127. The number of hydrogen-bond donors (Lipinski definition) is 0. The Bertz CT molecular complexity index is 81.3. The van der Waals surface area contributed by atoms with Crippen LogP contribution in [0.2, 0.25) is 0 Å². The van der Waals surface area contributed by atoms with Gasteiger partial charge >= 0.3 is 0 Å². The number of rotatable bonds is 4. The average Bonchev–Trinajstić information content (AvgIpc) is 1.85. The van der Waals surface area contributed by atoms with Crippen molar-refractivity contribution in [3.63, 3.8) is 0 Å². The Hall–Kier alpha value is 1.46. The molecule has 10 heavy (non-hydrogen) atoms. The van der Waals surface area contributed by atoms with Crippen molar-refractivity contribution in [1.82, 2.24) is 0 Å². The molecule has 0 saturated carbocycles. The highest BCUT2D eigenvalue weighted by Gasteiger charge is 2.14. The summed E-state index contributed by atoms with van der Waals surface area (Å²) < 4.78 is 1.73. The Labute approximate surface area is 91.8 Å². The van der Waals surface area contributed by atoms with E-state index in [4.69, 9.17) is 0 Å². The molecule has 0 aromatic heterocycles. The molecule has 0 bridgehead atoms. The van der Waals surface area contributed by atoms with Crippen LogP contribution < -0.4 is 0 Å². The zero-order valence-corrected chi connectivity index (χ0v) is 11.2. The van der Waals surface area contributed by atoms with Crippen LogP contribution in [0.15, 0.2) is 0 Å². The first-order valence-corrected chi connectivity index (χ1v) is 6.35. The van der Waals surface area contributed by atoms with Crippen LogP contribution >= 0.6 is 45.2 Å². The second-order valence-electron chi connectivity index (χ2n) is 3.07. The predicted molar refractivity (Wildman–Crippen MR) is 65.4 cm³/mol. The van der Waals surface area contributed by atoms with Crippen molar-refractivity contribution in [3.05, 3.63) is 0 Å². The molecule has 2 unspecified atom stereocenters. The molecule has 0 saturated heterocycles. The normalized spacial score (nSPS) is 17.4. The zero-order valence-electron chi connectivity index (χ0n) is 6.90. The van der Waals surface area contributed by atoms with E-state index in [0.717, 1.165) is 13.8 Å². The standard InChI is InChI=1S/C8H16I2/c1-4-7(9)8(10)5-6(2)3/h6-8H,4-5H2,1-3H3. The molecule has 0 fully saturated rings. The molecule has 0 spiro atoms. The van der Waals surface area contributed by atoms with E-state index in [0.29, 0.717) is 0 Å². The molecule has 0 aromatic rings. The van der Waals surface area contributed by atoms with Crippen LogP contribution in [0.4, 0.5) is 0 Å².